The zero-order valence-electron chi connectivity index (χ0n) is 19.6. The number of hydrogen-bond acceptors (Lipinski definition) is 5. The molecule has 4 rings (SSSR count). The van der Waals surface area contributed by atoms with Crippen LogP contribution in [0.4, 0.5) is 0 Å². The van der Waals surface area contributed by atoms with Crippen LogP contribution >= 0.6 is 0 Å². The fourth-order valence-corrected chi connectivity index (χ4v) is 6.76. The summed E-state index contributed by atoms with van der Waals surface area (Å²) in [6.45, 7) is 6.40. The molecule has 1 heterocycles. The van der Waals surface area contributed by atoms with Crippen LogP contribution in [0, 0.1) is 29.1 Å². The molecule has 1 aromatic heterocycles. The van der Waals surface area contributed by atoms with Gasteiger partial charge in [-0.25, -0.2) is 9.97 Å². The van der Waals surface area contributed by atoms with Gasteiger partial charge in [-0.2, -0.15) is 0 Å². The van der Waals surface area contributed by atoms with E-state index in [-0.39, 0.29) is 46.9 Å². The van der Waals surface area contributed by atoms with Gasteiger partial charge < -0.3 is 15.7 Å². The molecular weight excluding hydrogens is 404 g/mol. The van der Waals surface area contributed by atoms with Crippen LogP contribution in [0.5, 0.6) is 0 Å². The number of nitrogens with zero attached hydrogens (tertiary/aromatic N) is 2. The number of aromatic nitrogens is 2. The van der Waals surface area contributed by atoms with Crippen molar-refractivity contribution in [3.8, 4) is 0 Å². The van der Waals surface area contributed by atoms with Crippen molar-refractivity contribution in [2.45, 2.75) is 90.3 Å². The minimum absolute atomic E-state index is 0.0168. The molecule has 0 aliphatic heterocycles. The molecule has 0 saturated heterocycles. The zero-order chi connectivity index (χ0) is 22.9. The third kappa shape index (κ3) is 4.54. The topological polar surface area (TPSA) is 104 Å². The van der Waals surface area contributed by atoms with Crippen LogP contribution < -0.4 is 10.6 Å². The van der Waals surface area contributed by atoms with Crippen molar-refractivity contribution in [1.29, 1.82) is 0 Å². The predicted octanol–water partition coefficient (Wildman–Crippen LogP) is 3.09. The molecule has 2 amide bonds. The average Bonchev–Trinajstić information content (AvgIpc) is 3.29. The molecular formula is C25H38N4O3. The second-order valence-electron chi connectivity index (χ2n) is 10.8. The lowest BCUT2D eigenvalue weighted by atomic mass is 9.51. The molecule has 1 aromatic rings. The first-order valence-electron chi connectivity index (χ1n) is 12.3. The van der Waals surface area contributed by atoms with E-state index in [0.29, 0.717) is 11.6 Å². The minimum atomic E-state index is -0.548. The number of fused-ring (bicyclic) bond motifs is 1. The molecule has 32 heavy (non-hydrogen) atoms. The van der Waals surface area contributed by atoms with E-state index < -0.39 is 6.10 Å². The summed E-state index contributed by atoms with van der Waals surface area (Å²) in [7, 11) is 0. The molecule has 0 unspecified atom stereocenters. The number of nitrogens with one attached hydrogen (secondary N) is 2. The maximum Gasteiger partial charge on any atom is 0.254 e. The predicted molar refractivity (Wildman–Crippen MR) is 122 cm³/mol. The Kier molecular flexibility index (Phi) is 6.84. The second kappa shape index (κ2) is 9.46. The van der Waals surface area contributed by atoms with Crippen molar-refractivity contribution in [2.24, 2.45) is 29.1 Å². The van der Waals surface area contributed by atoms with Gasteiger partial charge in [-0.3, -0.25) is 9.59 Å². The molecule has 176 valence electrons. The van der Waals surface area contributed by atoms with Crippen LogP contribution in [-0.2, 0) is 4.79 Å². The summed E-state index contributed by atoms with van der Waals surface area (Å²) in [5.74, 6) is -0.175. The maximum absolute atomic E-state index is 12.9. The SMILES string of the molecule is C[C@@H]1[C@@H]2[C@@H](O)[C@@H]([C@H](C)C(=O)NC3CCCC3)CC[C@]2(C)CC[C@@H]1NC(=O)c1cncnc1. The van der Waals surface area contributed by atoms with Gasteiger partial charge in [-0.05, 0) is 61.7 Å². The van der Waals surface area contributed by atoms with Gasteiger partial charge in [-0.15, -0.1) is 0 Å². The van der Waals surface area contributed by atoms with Crippen LogP contribution in [0.2, 0.25) is 0 Å². The molecule has 0 aromatic carbocycles. The number of carbonyl (C=O) groups is 2. The van der Waals surface area contributed by atoms with Gasteiger partial charge in [0.25, 0.3) is 5.91 Å². The molecule has 7 heteroatoms. The summed E-state index contributed by atoms with van der Waals surface area (Å²) in [6.07, 6.45) is 12.2. The Hall–Kier alpha value is -2.02. The lowest BCUT2D eigenvalue weighted by molar-refractivity contribution is -0.142. The minimum Gasteiger partial charge on any atom is -0.392 e. The van der Waals surface area contributed by atoms with E-state index in [1.54, 1.807) is 0 Å². The molecule has 7 nitrogen and oxygen atoms in total. The quantitative estimate of drug-likeness (QED) is 0.650. The molecule has 0 bridgehead atoms. The third-order valence-electron chi connectivity index (χ3n) is 8.78. The molecule has 3 N–H and O–H groups in total. The summed E-state index contributed by atoms with van der Waals surface area (Å²) in [4.78, 5) is 33.5. The Morgan fingerprint density at radius 2 is 1.75 bits per heavy atom. The van der Waals surface area contributed by atoms with Crippen LogP contribution in [-0.4, -0.2) is 45.1 Å². The number of aliphatic hydroxyl groups is 1. The summed E-state index contributed by atoms with van der Waals surface area (Å²) in [5, 5.41) is 17.9. The summed E-state index contributed by atoms with van der Waals surface area (Å²) in [6, 6.07) is 0.280. The van der Waals surface area contributed by atoms with Gasteiger partial charge in [0.2, 0.25) is 5.91 Å². The van der Waals surface area contributed by atoms with Crippen molar-refractivity contribution in [3.63, 3.8) is 0 Å². The Balaban J connectivity index is 1.44. The van der Waals surface area contributed by atoms with Crippen LogP contribution in [0.15, 0.2) is 18.7 Å². The third-order valence-corrected chi connectivity index (χ3v) is 8.78. The van der Waals surface area contributed by atoms with Crippen LogP contribution in [0.3, 0.4) is 0 Å². The Labute approximate surface area is 191 Å². The van der Waals surface area contributed by atoms with Crippen molar-refractivity contribution in [2.75, 3.05) is 0 Å². The molecule has 0 radical (unpaired) electrons. The highest BCUT2D eigenvalue weighted by atomic mass is 16.3. The van der Waals surface area contributed by atoms with E-state index in [9.17, 15) is 14.7 Å². The lowest BCUT2D eigenvalue weighted by Gasteiger charge is -2.56. The molecule has 3 aliphatic carbocycles. The fraction of sp³-hybridized carbons (Fsp3) is 0.760. The van der Waals surface area contributed by atoms with Gasteiger partial charge >= 0.3 is 0 Å². The first kappa shape index (κ1) is 23.1. The van der Waals surface area contributed by atoms with Gasteiger partial charge in [0.15, 0.2) is 0 Å². The molecule has 7 atom stereocenters. The van der Waals surface area contributed by atoms with Crippen molar-refractivity contribution in [1.82, 2.24) is 20.6 Å². The lowest BCUT2D eigenvalue weighted by Crippen LogP contribution is -2.58. The summed E-state index contributed by atoms with van der Waals surface area (Å²) in [5.41, 5.74) is 0.487. The Morgan fingerprint density at radius 3 is 2.44 bits per heavy atom. The van der Waals surface area contributed by atoms with Gasteiger partial charge in [0, 0.05) is 30.4 Å². The monoisotopic (exact) mass is 442 g/mol. The number of hydrogen-bond donors (Lipinski definition) is 3. The largest absolute Gasteiger partial charge is 0.392 e. The highest BCUT2D eigenvalue weighted by Gasteiger charge is 2.54. The second-order valence-corrected chi connectivity index (χ2v) is 10.8. The van der Waals surface area contributed by atoms with E-state index in [4.69, 9.17) is 0 Å². The molecule has 3 saturated carbocycles. The van der Waals surface area contributed by atoms with E-state index in [2.05, 4.69) is 34.4 Å². The average molecular weight is 443 g/mol. The van der Waals surface area contributed by atoms with Crippen molar-refractivity contribution >= 4 is 11.8 Å². The summed E-state index contributed by atoms with van der Waals surface area (Å²) < 4.78 is 0. The zero-order valence-corrected chi connectivity index (χ0v) is 19.6. The van der Waals surface area contributed by atoms with E-state index in [0.717, 1.165) is 38.5 Å². The van der Waals surface area contributed by atoms with E-state index >= 15 is 0 Å². The first-order chi connectivity index (χ1) is 15.3. The molecule has 0 spiro atoms. The van der Waals surface area contributed by atoms with Gasteiger partial charge in [0.05, 0.1) is 11.7 Å². The number of aliphatic hydroxyl groups excluding tert-OH is 1. The summed E-state index contributed by atoms with van der Waals surface area (Å²) >= 11 is 0. The first-order valence-corrected chi connectivity index (χ1v) is 12.3. The maximum atomic E-state index is 12.9. The molecule has 3 aliphatic rings. The number of carbonyl (C=O) groups excluding carboxylic acids is 2. The highest BCUT2D eigenvalue weighted by molar-refractivity contribution is 5.93. The standard InChI is InChI=1S/C25H38N4O3/c1-15(23(31)28-18-6-4-5-7-18)19-8-10-25(3)11-9-20(16(2)21(25)22(19)30)29-24(32)17-12-26-14-27-13-17/h12-16,18-22,30H,4-11H2,1-3H3,(H,28,31)(H,29,32)/t15-,16-,19+,20-,21+,22-,25+/m0/s1. The smallest absolute Gasteiger partial charge is 0.254 e. The fourth-order valence-electron chi connectivity index (χ4n) is 6.76. The van der Waals surface area contributed by atoms with E-state index in [1.165, 1.54) is 31.6 Å². The molecule has 3 fully saturated rings. The van der Waals surface area contributed by atoms with E-state index in [1.807, 2.05) is 6.92 Å². The number of amides is 2. The van der Waals surface area contributed by atoms with Crippen molar-refractivity contribution < 1.29 is 14.7 Å². The van der Waals surface area contributed by atoms with Gasteiger partial charge in [0.1, 0.15) is 6.33 Å². The van der Waals surface area contributed by atoms with Crippen LogP contribution in [0.25, 0.3) is 0 Å². The van der Waals surface area contributed by atoms with Gasteiger partial charge in [-0.1, -0.05) is 33.6 Å². The van der Waals surface area contributed by atoms with Crippen LogP contribution in [0.1, 0.15) is 82.5 Å². The normalized spacial score (nSPS) is 36.2. The Morgan fingerprint density at radius 1 is 1.09 bits per heavy atom. The van der Waals surface area contributed by atoms with Crippen molar-refractivity contribution in [3.05, 3.63) is 24.3 Å². The Bertz CT molecular complexity index is 813. The highest BCUT2D eigenvalue weighted by Crippen LogP contribution is 2.55. The number of rotatable bonds is 5.